The highest BCUT2D eigenvalue weighted by molar-refractivity contribution is 5.85. The van der Waals surface area contributed by atoms with E-state index in [9.17, 15) is 0 Å². The van der Waals surface area contributed by atoms with Crippen molar-refractivity contribution in [2.24, 2.45) is 0 Å². The van der Waals surface area contributed by atoms with E-state index in [-0.39, 0.29) is 0 Å². The second-order valence-electron chi connectivity index (χ2n) is 3.71. The Morgan fingerprint density at radius 3 is 3.00 bits per heavy atom. The minimum absolute atomic E-state index is 0.750. The molecule has 1 heterocycles. The van der Waals surface area contributed by atoms with Gasteiger partial charge in [-0.25, -0.2) is 0 Å². The Morgan fingerprint density at radius 1 is 1.38 bits per heavy atom. The van der Waals surface area contributed by atoms with E-state index in [1.54, 1.807) is 0 Å². The second kappa shape index (κ2) is 4.82. The van der Waals surface area contributed by atoms with Crippen molar-refractivity contribution in [1.82, 2.24) is 9.88 Å². The molecule has 0 amide bonds. The Labute approximate surface area is 95.3 Å². The molecule has 1 aromatic heterocycles. The van der Waals surface area contributed by atoms with Crippen molar-refractivity contribution < 1.29 is 0 Å². The smallest absolute Gasteiger partial charge is 0.0998 e. The molecule has 3 heteroatoms. The minimum Gasteiger partial charge on any atom is -0.346 e. The Balaban J connectivity index is 2.31. The molecule has 2 rings (SSSR count). The van der Waals surface area contributed by atoms with Crippen LogP contribution >= 0.6 is 0 Å². The molecule has 0 aliphatic rings. The number of nitrogens with one attached hydrogen (secondary N) is 1. The van der Waals surface area contributed by atoms with Gasteiger partial charge in [-0.2, -0.15) is 5.26 Å². The lowest BCUT2D eigenvalue weighted by Gasteiger charge is -2.05. The first-order valence-electron chi connectivity index (χ1n) is 5.55. The van der Waals surface area contributed by atoms with Gasteiger partial charge in [0.25, 0.3) is 0 Å². The number of nitrogens with zero attached hydrogens (tertiary/aromatic N) is 2. The quantitative estimate of drug-likeness (QED) is 0.790. The van der Waals surface area contributed by atoms with Gasteiger partial charge in [0.15, 0.2) is 0 Å². The predicted octanol–water partition coefficient (Wildman–Crippen LogP) is 2.12. The third kappa shape index (κ3) is 1.93. The van der Waals surface area contributed by atoms with Gasteiger partial charge in [0.05, 0.1) is 11.6 Å². The maximum absolute atomic E-state index is 8.99. The minimum atomic E-state index is 0.750. The van der Waals surface area contributed by atoms with Gasteiger partial charge >= 0.3 is 0 Å². The number of aromatic nitrogens is 1. The molecule has 16 heavy (non-hydrogen) atoms. The number of likely N-dealkylation sites (N-methyl/N-ethyl adjacent to an activating group) is 1. The lowest BCUT2D eigenvalue weighted by molar-refractivity contribution is 0.627. The fourth-order valence-corrected chi connectivity index (χ4v) is 1.89. The van der Waals surface area contributed by atoms with Crippen molar-refractivity contribution in [2.75, 3.05) is 13.1 Å². The summed E-state index contributed by atoms with van der Waals surface area (Å²) in [6.07, 6.45) is 2.04. The first-order valence-corrected chi connectivity index (χ1v) is 5.55. The fourth-order valence-electron chi connectivity index (χ4n) is 1.89. The highest BCUT2D eigenvalue weighted by Crippen LogP contribution is 2.19. The van der Waals surface area contributed by atoms with Crippen molar-refractivity contribution in [3.63, 3.8) is 0 Å². The number of rotatable bonds is 4. The average Bonchev–Trinajstić information content (AvgIpc) is 2.73. The molecular weight excluding hydrogens is 198 g/mol. The molecule has 3 nitrogen and oxygen atoms in total. The van der Waals surface area contributed by atoms with Crippen LogP contribution in [0.2, 0.25) is 0 Å². The summed E-state index contributed by atoms with van der Waals surface area (Å²) >= 11 is 0. The van der Waals surface area contributed by atoms with Crippen LogP contribution in [0.4, 0.5) is 0 Å². The van der Waals surface area contributed by atoms with E-state index in [0.29, 0.717) is 0 Å². The summed E-state index contributed by atoms with van der Waals surface area (Å²) in [5.74, 6) is 0. The standard InChI is InChI=1S/C13H15N3/c1-2-15-7-9-16-8-6-12-11(10-14)4-3-5-13(12)16/h3-6,8,15H,2,7,9H2,1H3. The van der Waals surface area contributed by atoms with Gasteiger partial charge in [-0.1, -0.05) is 13.0 Å². The van der Waals surface area contributed by atoms with Crippen LogP contribution in [0, 0.1) is 11.3 Å². The second-order valence-corrected chi connectivity index (χ2v) is 3.71. The largest absolute Gasteiger partial charge is 0.346 e. The van der Waals surface area contributed by atoms with E-state index in [0.717, 1.165) is 36.1 Å². The van der Waals surface area contributed by atoms with Gasteiger partial charge in [0.1, 0.15) is 0 Å². The first-order chi connectivity index (χ1) is 7.86. The van der Waals surface area contributed by atoms with Crippen LogP contribution in [0.3, 0.4) is 0 Å². The third-order valence-electron chi connectivity index (χ3n) is 2.71. The summed E-state index contributed by atoms with van der Waals surface area (Å²) in [5.41, 5.74) is 1.89. The van der Waals surface area contributed by atoms with Gasteiger partial charge in [0, 0.05) is 30.2 Å². The Bertz CT molecular complexity index is 519. The molecule has 0 radical (unpaired) electrons. The van der Waals surface area contributed by atoms with E-state index >= 15 is 0 Å². The Morgan fingerprint density at radius 2 is 2.25 bits per heavy atom. The summed E-state index contributed by atoms with van der Waals surface area (Å²) in [7, 11) is 0. The monoisotopic (exact) mass is 213 g/mol. The summed E-state index contributed by atoms with van der Waals surface area (Å²) in [6, 6.07) is 10.1. The van der Waals surface area contributed by atoms with Gasteiger partial charge in [-0.3, -0.25) is 0 Å². The van der Waals surface area contributed by atoms with Crippen LogP contribution in [-0.4, -0.2) is 17.7 Å². The molecule has 0 aliphatic heterocycles. The molecule has 0 spiro atoms. The molecule has 2 aromatic rings. The molecule has 1 aromatic carbocycles. The molecule has 0 aliphatic carbocycles. The number of fused-ring (bicyclic) bond motifs is 1. The number of benzene rings is 1. The van der Waals surface area contributed by atoms with Crippen LogP contribution in [0.5, 0.6) is 0 Å². The maximum atomic E-state index is 8.99. The molecule has 0 bridgehead atoms. The molecule has 0 saturated carbocycles. The summed E-state index contributed by atoms with van der Waals surface area (Å²) < 4.78 is 2.18. The third-order valence-corrected chi connectivity index (χ3v) is 2.71. The number of hydrogen-bond donors (Lipinski definition) is 1. The van der Waals surface area contributed by atoms with E-state index in [1.807, 2.05) is 24.4 Å². The predicted molar refractivity (Wildman–Crippen MR) is 65.2 cm³/mol. The molecular formula is C13H15N3. The summed E-state index contributed by atoms with van der Waals surface area (Å²) in [5, 5.41) is 13.3. The molecule has 82 valence electrons. The normalized spacial score (nSPS) is 10.5. The van der Waals surface area contributed by atoms with Crippen LogP contribution in [-0.2, 0) is 6.54 Å². The van der Waals surface area contributed by atoms with Crippen molar-refractivity contribution in [1.29, 1.82) is 5.26 Å². The zero-order chi connectivity index (χ0) is 11.4. The Kier molecular flexibility index (Phi) is 3.23. The highest BCUT2D eigenvalue weighted by atomic mass is 15.0. The van der Waals surface area contributed by atoms with Gasteiger partial charge in [0.2, 0.25) is 0 Å². The van der Waals surface area contributed by atoms with Gasteiger partial charge < -0.3 is 9.88 Å². The lowest BCUT2D eigenvalue weighted by Crippen LogP contribution is -2.18. The highest BCUT2D eigenvalue weighted by Gasteiger charge is 2.04. The van der Waals surface area contributed by atoms with Crippen molar-refractivity contribution in [2.45, 2.75) is 13.5 Å². The number of nitriles is 1. The van der Waals surface area contributed by atoms with E-state index < -0.39 is 0 Å². The van der Waals surface area contributed by atoms with Gasteiger partial charge in [-0.05, 0) is 24.7 Å². The topological polar surface area (TPSA) is 40.8 Å². The van der Waals surface area contributed by atoms with Gasteiger partial charge in [-0.15, -0.1) is 0 Å². The summed E-state index contributed by atoms with van der Waals surface area (Å²) in [6.45, 7) is 4.98. The SMILES string of the molecule is CCNCCn1ccc2c(C#N)cccc21. The van der Waals surface area contributed by atoms with Crippen LogP contribution in [0.1, 0.15) is 12.5 Å². The zero-order valence-corrected chi connectivity index (χ0v) is 9.40. The van der Waals surface area contributed by atoms with Crippen molar-refractivity contribution in [3.05, 3.63) is 36.0 Å². The fraction of sp³-hybridized carbons (Fsp3) is 0.308. The van der Waals surface area contributed by atoms with E-state index in [4.69, 9.17) is 5.26 Å². The Hall–Kier alpha value is -1.79. The number of hydrogen-bond acceptors (Lipinski definition) is 2. The maximum Gasteiger partial charge on any atom is 0.0998 e. The molecule has 0 fully saturated rings. The molecule has 0 atom stereocenters. The zero-order valence-electron chi connectivity index (χ0n) is 9.40. The van der Waals surface area contributed by atoms with Crippen LogP contribution in [0.25, 0.3) is 10.9 Å². The van der Waals surface area contributed by atoms with Crippen LogP contribution < -0.4 is 5.32 Å². The molecule has 1 N–H and O–H groups in total. The summed E-state index contributed by atoms with van der Waals surface area (Å²) in [4.78, 5) is 0. The van der Waals surface area contributed by atoms with E-state index in [2.05, 4.69) is 28.9 Å². The lowest BCUT2D eigenvalue weighted by atomic mass is 10.1. The van der Waals surface area contributed by atoms with E-state index in [1.165, 1.54) is 0 Å². The molecule has 0 unspecified atom stereocenters. The van der Waals surface area contributed by atoms with Crippen molar-refractivity contribution in [3.8, 4) is 6.07 Å². The average molecular weight is 213 g/mol. The molecule has 0 saturated heterocycles. The van der Waals surface area contributed by atoms with Crippen molar-refractivity contribution >= 4 is 10.9 Å². The van der Waals surface area contributed by atoms with Crippen LogP contribution in [0.15, 0.2) is 30.5 Å². The first kappa shape index (κ1) is 10.7.